The summed E-state index contributed by atoms with van der Waals surface area (Å²) < 4.78 is 15.8. The van der Waals surface area contributed by atoms with Crippen LogP contribution in [0, 0.1) is 0 Å². The average molecular weight is 375 g/mol. The Balaban J connectivity index is 1.65. The highest BCUT2D eigenvalue weighted by molar-refractivity contribution is 6.34. The summed E-state index contributed by atoms with van der Waals surface area (Å²) >= 11 is 17.9. The molecule has 0 aliphatic carbocycles. The van der Waals surface area contributed by atoms with Gasteiger partial charge in [0.15, 0.2) is 18.1 Å². The van der Waals surface area contributed by atoms with Crippen LogP contribution in [0.15, 0.2) is 30.3 Å². The zero-order valence-electron chi connectivity index (χ0n) is 11.6. The fourth-order valence-corrected chi connectivity index (χ4v) is 2.47. The van der Waals surface area contributed by atoms with Gasteiger partial charge in [0, 0.05) is 23.2 Å². The normalized spacial score (nSPS) is 12.1. The highest BCUT2D eigenvalue weighted by Gasteiger charge is 2.18. The number of amides is 1. The van der Waals surface area contributed by atoms with Gasteiger partial charge >= 0.3 is 0 Å². The van der Waals surface area contributed by atoms with Crippen molar-refractivity contribution in [3.63, 3.8) is 0 Å². The van der Waals surface area contributed by atoms with Crippen molar-refractivity contribution in [2.45, 2.75) is 0 Å². The maximum absolute atomic E-state index is 12.0. The van der Waals surface area contributed by atoms with Crippen molar-refractivity contribution in [1.82, 2.24) is 0 Å². The van der Waals surface area contributed by atoms with E-state index in [1.165, 1.54) is 6.07 Å². The molecular formula is C15H10Cl3NO4. The van der Waals surface area contributed by atoms with E-state index in [1.54, 1.807) is 24.3 Å². The van der Waals surface area contributed by atoms with Crippen molar-refractivity contribution >= 4 is 46.4 Å². The SMILES string of the molecule is O=C(COc1cc(Cl)ccc1Cl)Nc1cc2c(cc1Cl)OCO2. The van der Waals surface area contributed by atoms with Gasteiger partial charge in [-0.05, 0) is 12.1 Å². The number of nitrogens with one attached hydrogen (secondary N) is 1. The third-order valence-electron chi connectivity index (χ3n) is 2.99. The molecule has 0 atom stereocenters. The second-order valence-corrected chi connectivity index (χ2v) is 5.85. The summed E-state index contributed by atoms with van der Waals surface area (Å²) in [6, 6.07) is 7.92. The molecular weight excluding hydrogens is 365 g/mol. The quantitative estimate of drug-likeness (QED) is 0.862. The van der Waals surface area contributed by atoms with Gasteiger partial charge in [-0.3, -0.25) is 4.79 Å². The van der Waals surface area contributed by atoms with Gasteiger partial charge in [-0.25, -0.2) is 0 Å². The number of fused-ring (bicyclic) bond motifs is 1. The summed E-state index contributed by atoms with van der Waals surface area (Å²) in [5.41, 5.74) is 0.404. The van der Waals surface area contributed by atoms with E-state index in [0.717, 1.165) is 0 Å². The van der Waals surface area contributed by atoms with Crippen LogP contribution in [0.4, 0.5) is 5.69 Å². The maximum atomic E-state index is 12.0. The molecule has 1 aliphatic heterocycles. The standard InChI is InChI=1S/C15H10Cl3NO4/c16-8-1-2-9(17)12(3-8)21-6-15(20)19-11-5-14-13(4-10(11)18)22-7-23-14/h1-5H,6-7H2,(H,19,20). The molecule has 1 amide bonds. The van der Waals surface area contributed by atoms with Crippen LogP contribution in [0.3, 0.4) is 0 Å². The Morgan fingerprint density at radius 2 is 1.83 bits per heavy atom. The molecule has 8 heteroatoms. The molecule has 1 heterocycles. The minimum Gasteiger partial charge on any atom is -0.482 e. The molecule has 0 saturated carbocycles. The average Bonchev–Trinajstić information content (AvgIpc) is 2.95. The molecule has 0 spiro atoms. The number of halogens is 3. The molecule has 0 unspecified atom stereocenters. The summed E-state index contributed by atoms with van der Waals surface area (Å²) in [5.74, 6) is 0.978. The predicted octanol–water partition coefficient (Wildman–Crippen LogP) is 4.39. The number of carbonyl (C=O) groups excluding carboxylic acids is 1. The van der Waals surface area contributed by atoms with E-state index < -0.39 is 5.91 Å². The Bertz CT molecular complexity index is 767. The molecule has 5 nitrogen and oxygen atoms in total. The fraction of sp³-hybridized carbons (Fsp3) is 0.133. The van der Waals surface area contributed by atoms with Gasteiger partial charge in [0.05, 0.1) is 15.7 Å². The van der Waals surface area contributed by atoms with E-state index in [-0.39, 0.29) is 13.4 Å². The van der Waals surface area contributed by atoms with Gasteiger partial charge in [0.25, 0.3) is 5.91 Å². The lowest BCUT2D eigenvalue weighted by Gasteiger charge is -2.10. The smallest absolute Gasteiger partial charge is 0.262 e. The van der Waals surface area contributed by atoms with Gasteiger partial charge in [0.2, 0.25) is 6.79 Å². The Morgan fingerprint density at radius 1 is 1.09 bits per heavy atom. The second kappa shape index (κ2) is 6.74. The number of hydrogen-bond donors (Lipinski definition) is 1. The van der Waals surface area contributed by atoms with E-state index >= 15 is 0 Å². The molecule has 120 valence electrons. The van der Waals surface area contributed by atoms with E-state index in [4.69, 9.17) is 49.0 Å². The van der Waals surface area contributed by atoms with Gasteiger partial charge in [0.1, 0.15) is 5.75 Å². The van der Waals surface area contributed by atoms with Gasteiger partial charge in [-0.15, -0.1) is 0 Å². The Hall–Kier alpha value is -1.82. The van der Waals surface area contributed by atoms with Gasteiger partial charge in [-0.2, -0.15) is 0 Å². The molecule has 0 fully saturated rings. The summed E-state index contributed by atoms with van der Waals surface area (Å²) in [7, 11) is 0. The third kappa shape index (κ3) is 3.75. The van der Waals surface area contributed by atoms with E-state index in [2.05, 4.69) is 5.32 Å². The van der Waals surface area contributed by atoms with Crippen LogP contribution >= 0.6 is 34.8 Å². The molecule has 2 aromatic rings. The van der Waals surface area contributed by atoms with Crippen LogP contribution in [0.25, 0.3) is 0 Å². The first-order valence-electron chi connectivity index (χ1n) is 6.50. The summed E-state index contributed by atoms with van der Waals surface area (Å²) in [4.78, 5) is 12.0. The first-order chi connectivity index (χ1) is 11.0. The topological polar surface area (TPSA) is 56.8 Å². The predicted molar refractivity (Wildman–Crippen MR) is 88.2 cm³/mol. The number of rotatable bonds is 4. The van der Waals surface area contributed by atoms with E-state index in [9.17, 15) is 4.79 Å². The number of ether oxygens (including phenoxy) is 3. The molecule has 0 aromatic heterocycles. The molecule has 1 aliphatic rings. The second-order valence-electron chi connectivity index (χ2n) is 4.60. The monoisotopic (exact) mass is 373 g/mol. The van der Waals surface area contributed by atoms with Crippen molar-refractivity contribution in [1.29, 1.82) is 0 Å². The maximum Gasteiger partial charge on any atom is 0.262 e. The lowest BCUT2D eigenvalue weighted by Crippen LogP contribution is -2.20. The highest BCUT2D eigenvalue weighted by Crippen LogP contribution is 2.39. The van der Waals surface area contributed by atoms with Crippen LogP contribution in [0.2, 0.25) is 15.1 Å². The Morgan fingerprint density at radius 3 is 2.61 bits per heavy atom. The van der Waals surface area contributed by atoms with Crippen molar-refractivity contribution in [2.75, 3.05) is 18.7 Å². The van der Waals surface area contributed by atoms with Gasteiger partial charge in [-0.1, -0.05) is 34.8 Å². The van der Waals surface area contributed by atoms with E-state index in [0.29, 0.717) is 38.0 Å². The lowest BCUT2D eigenvalue weighted by molar-refractivity contribution is -0.118. The van der Waals surface area contributed by atoms with Crippen LogP contribution in [0.5, 0.6) is 17.2 Å². The fourth-order valence-electron chi connectivity index (χ4n) is 1.93. The zero-order chi connectivity index (χ0) is 16.4. The van der Waals surface area contributed by atoms with E-state index in [1.807, 2.05) is 0 Å². The van der Waals surface area contributed by atoms with Crippen molar-refractivity contribution in [2.24, 2.45) is 0 Å². The number of anilines is 1. The minimum absolute atomic E-state index is 0.124. The van der Waals surface area contributed by atoms with Gasteiger partial charge < -0.3 is 19.5 Å². The minimum atomic E-state index is -0.401. The third-order valence-corrected chi connectivity index (χ3v) is 3.85. The molecule has 3 rings (SSSR count). The molecule has 0 bridgehead atoms. The molecule has 1 N–H and O–H groups in total. The van der Waals surface area contributed by atoms with Crippen molar-refractivity contribution in [3.8, 4) is 17.2 Å². The first-order valence-corrected chi connectivity index (χ1v) is 7.63. The first kappa shape index (κ1) is 16.1. The van der Waals surface area contributed by atoms with Crippen LogP contribution in [0.1, 0.15) is 0 Å². The Kier molecular flexibility index (Phi) is 4.71. The number of benzene rings is 2. The largest absolute Gasteiger partial charge is 0.482 e. The number of hydrogen-bond acceptors (Lipinski definition) is 4. The van der Waals surface area contributed by atoms with Crippen molar-refractivity contribution in [3.05, 3.63) is 45.4 Å². The summed E-state index contributed by atoms with van der Waals surface area (Å²) in [5, 5.41) is 3.80. The summed E-state index contributed by atoms with van der Waals surface area (Å²) in [6.07, 6.45) is 0. The Labute approximate surface area is 147 Å². The molecule has 0 radical (unpaired) electrons. The summed E-state index contributed by atoms with van der Waals surface area (Å²) in [6.45, 7) is -0.121. The van der Waals surface area contributed by atoms with Crippen LogP contribution < -0.4 is 19.5 Å². The molecule has 23 heavy (non-hydrogen) atoms. The highest BCUT2D eigenvalue weighted by atomic mass is 35.5. The lowest BCUT2D eigenvalue weighted by atomic mass is 10.2. The van der Waals surface area contributed by atoms with Crippen LogP contribution in [-0.2, 0) is 4.79 Å². The number of carbonyl (C=O) groups is 1. The molecule has 2 aromatic carbocycles. The molecule has 0 saturated heterocycles. The van der Waals surface area contributed by atoms with Crippen molar-refractivity contribution < 1.29 is 19.0 Å². The van der Waals surface area contributed by atoms with Crippen LogP contribution in [-0.4, -0.2) is 19.3 Å². The zero-order valence-corrected chi connectivity index (χ0v) is 13.8.